The smallest absolute Gasteiger partial charge is 0.363 e. The SMILES string of the molecule is COc1cccc(/C=C2\N=C(c3cc(I)ccc3Cl)OC2=O)c1OCc1ccc(Br)cc1. The highest BCUT2D eigenvalue weighted by molar-refractivity contribution is 14.1. The van der Waals surface area contributed by atoms with Crippen molar-refractivity contribution in [2.45, 2.75) is 6.61 Å². The van der Waals surface area contributed by atoms with Gasteiger partial charge in [0.2, 0.25) is 5.90 Å². The van der Waals surface area contributed by atoms with Gasteiger partial charge in [-0.3, -0.25) is 0 Å². The molecule has 1 aliphatic heterocycles. The van der Waals surface area contributed by atoms with Gasteiger partial charge in [-0.05, 0) is 70.6 Å². The molecule has 0 aliphatic carbocycles. The first-order valence-corrected chi connectivity index (χ1v) is 11.7. The summed E-state index contributed by atoms with van der Waals surface area (Å²) in [5, 5.41) is 0.457. The number of nitrogens with zero attached hydrogens (tertiary/aromatic N) is 1. The fourth-order valence-corrected chi connectivity index (χ4v) is 3.98. The maximum Gasteiger partial charge on any atom is 0.363 e. The number of methoxy groups -OCH3 is 1. The number of carbonyl (C=O) groups is 1. The van der Waals surface area contributed by atoms with E-state index in [0.29, 0.717) is 34.3 Å². The van der Waals surface area contributed by atoms with Crippen LogP contribution in [-0.4, -0.2) is 19.0 Å². The van der Waals surface area contributed by atoms with Gasteiger partial charge < -0.3 is 14.2 Å². The Kier molecular flexibility index (Phi) is 7.17. The minimum Gasteiger partial charge on any atom is -0.493 e. The van der Waals surface area contributed by atoms with Crippen LogP contribution in [0.2, 0.25) is 5.02 Å². The van der Waals surface area contributed by atoms with Crippen molar-refractivity contribution in [1.29, 1.82) is 0 Å². The number of aliphatic imine (C=N–C) groups is 1. The molecule has 3 aromatic carbocycles. The summed E-state index contributed by atoms with van der Waals surface area (Å²) in [4.78, 5) is 16.9. The number of cyclic esters (lactones) is 1. The molecule has 0 saturated heterocycles. The van der Waals surface area contributed by atoms with Crippen molar-refractivity contribution in [3.05, 3.63) is 96.1 Å². The van der Waals surface area contributed by atoms with Crippen LogP contribution in [0.1, 0.15) is 16.7 Å². The summed E-state index contributed by atoms with van der Waals surface area (Å²) in [5.74, 6) is 0.670. The number of ether oxygens (including phenoxy) is 3. The quantitative estimate of drug-likeness (QED) is 0.175. The second kappa shape index (κ2) is 10.1. The molecule has 0 N–H and O–H groups in total. The van der Waals surface area contributed by atoms with Crippen LogP contribution in [0.3, 0.4) is 0 Å². The van der Waals surface area contributed by atoms with Crippen LogP contribution in [0.5, 0.6) is 11.5 Å². The molecule has 0 saturated carbocycles. The van der Waals surface area contributed by atoms with Crippen LogP contribution in [-0.2, 0) is 16.1 Å². The second-order valence-electron chi connectivity index (χ2n) is 6.75. The molecule has 0 aromatic heterocycles. The summed E-state index contributed by atoms with van der Waals surface area (Å²) in [6.45, 7) is 0.334. The zero-order valence-electron chi connectivity index (χ0n) is 16.8. The Hall–Kier alpha value is -2.36. The van der Waals surface area contributed by atoms with E-state index in [-0.39, 0.29) is 11.6 Å². The molecule has 0 unspecified atom stereocenters. The van der Waals surface area contributed by atoms with Crippen LogP contribution < -0.4 is 9.47 Å². The van der Waals surface area contributed by atoms with E-state index in [4.69, 9.17) is 25.8 Å². The highest BCUT2D eigenvalue weighted by atomic mass is 127. The maximum atomic E-state index is 12.5. The molecule has 0 atom stereocenters. The Balaban J connectivity index is 1.67. The number of carbonyl (C=O) groups excluding carboxylic acids is 1. The van der Waals surface area contributed by atoms with Crippen LogP contribution in [0.15, 0.2) is 75.8 Å². The molecule has 32 heavy (non-hydrogen) atoms. The lowest BCUT2D eigenvalue weighted by atomic mass is 10.1. The summed E-state index contributed by atoms with van der Waals surface area (Å²) < 4.78 is 18.9. The first kappa shape index (κ1) is 22.8. The van der Waals surface area contributed by atoms with Gasteiger partial charge >= 0.3 is 5.97 Å². The van der Waals surface area contributed by atoms with Crippen molar-refractivity contribution in [3.63, 3.8) is 0 Å². The molecule has 4 rings (SSSR count). The monoisotopic (exact) mass is 623 g/mol. The Bertz CT molecular complexity index is 1240. The van der Waals surface area contributed by atoms with Gasteiger partial charge in [0, 0.05) is 13.6 Å². The molecular formula is C24H16BrClINO4. The van der Waals surface area contributed by atoms with Crippen molar-refractivity contribution in [2.75, 3.05) is 7.11 Å². The van der Waals surface area contributed by atoms with Gasteiger partial charge in [-0.2, -0.15) is 0 Å². The second-order valence-corrected chi connectivity index (χ2v) is 9.32. The van der Waals surface area contributed by atoms with Crippen LogP contribution in [0.4, 0.5) is 0 Å². The third kappa shape index (κ3) is 5.16. The summed E-state index contributed by atoms with van der Waals surface area (Å²) in [6, 6.07) is 18.7. The lowest BCUT2D eigenvalue weighted by Crippen LogP contribution is -2.06. The molecule has 0 amide bonds. The average Bonchev–Trinajstić information content (AvgIpc) is 3.15. The highest BCUT2D eigenvalue weighted by Gasteiger charge is 2.26. The molecule has 0 radical (unpaired) electrons. The molecule has 0 fully saturated rings. The van der Waals surface area contributed by atoms with E-state index < -0.39 is 5.97 Å². The third-order valence-corrected chi connectivity index (χ3v) is 6.13. The van der Waals surface area contributed by atoms with E-state index in [1.807, 2.05) is 48.5 Å². The van der Waals surface area contributed by atoms with Gasteiger partial charge in [0.1, 0.15) is 6.61 Å². The summed E-state index contributed by atoms with van der Waals surface area (Å²) in [5.41, 5.74) is 2.35. The third-order valence-electron chi connectivity index (χ3n) is 4.60. The van der Waals surface area contributed by atoms with Gasteiger partial charge in [0.05, 0.1) is 17.7 Å². The molecular weight excluding hydrogens is 609 g/mol. The van der Waals surface area contributed by atoms with E-state index in [0.717, 1.165) is 13.6 Å². The van der Waals surface area contributed by atoms with Crippen molar-refractivity contribution in [1.82, 2.24) is 0 Å². The van der Waals surface area contributed by atoms with Gasteiger partial charge in [-0.1, -0.05) is 51.8 Å². The molecule has 0 spiro atoms. The molecule has 1 aliphatic rings. The molecule has 0 bridgehead atoms. The first-order valence-electron chi connectivity index (χ1n) is 9.47. The van der Waals surface area contributed by atoms with Crippen molar-refractivity contribution >= 4 is 68.1 Å². The lowest BCUT2D eigenvalue weighted by molar-refractivity contribution is -0.129. The van der Waals surface area contributed by atoms with E-state index in [9.17, 15) is 4.79 Å². The van der Waals surface area contributed by atoms with Crippen molar-refractivity contribution < 1.29 is 19.0 Å². The predicted molar refractivity (Wildman–Crippen MR) is 136 cm³/mol. The number of benzene rings is 3. The largest absolute Gasteiger partial charge is 0.493 e. The molecule has 3 aromatic rings. The van der Waals surface area contributed by atoms with E-state index in [1.165, 1.54) is 0 Å². The Labute approximate surface area is 212 Å². The molecule has 162 valence electrons. The molecule has 1 heterocycles. The minimum atomic E-state index is -0.559. The van der Waals surface area contributed by atoms with Gasteiger partial charge in [-0.15, -0.1) is 0 Å². The normalized spacial score (nSPS) is 14.3. The van der Waals surface area contributed by atoms with Crippen LogP contribution in [0, 0.1) is 3.57 Å². The summed E-state index contributed by atoms with van der Waals surface area (Å²) >= 11 is 11.9. The zero-order chi connectivity index (χ0) is 22.7. The standard InChI is InChI=1S/C24H16BrClINO4/c1-30-21-4-2-3-15(22(21)31-13-14-5-7-16(25)8-6-14)11-20-24(29)32-23(28-20)18-12-17(27)9-10-19(18)26/h2-12H,13H2,1H3/b20-11-. The van der Waals surface area contributed by atoms with E-state index >= 15 is 0 Å². The van der Waals surface area contributed by atoms with E-state index in [2.05, 4.69) is 43.5 Å². The Morgan fingerprint density at radius 3 is 2.69 bits per heavy atom. The number of hydrogen-bond acceptors (Lipinski definition) is 5. The molecule has 5 nitrogen and oxygen atoms in total. The van der Waals surface area contributed by atoms with Crippen LogP contribution >= 0.6 is 50.1 Å². The van der Waals surface area contributed by atoms with Crippen molar-refractivity contribution in [3.8, 4) is 11.5 Å². The molecule has 8 heteroatoms. The van der Waals surface area contributed by atoms with Gasteiger partial charge in [0.15, 0.2) is 17.2 Å². The number of hydrogen-bond donors (Lipinski definition) is 0. The fraction of sp³-hybridized carbons (Fsp3) is 0.0833. The van der Waals surface area contributed by atoms with Gasteiger partial charge in [0.25, 0.3) is 0 Å². The number of esters is 1. The number of halogens is 3. The number of para-hydroxylation sites is 1. The zero-order valence-corrected chi connectivity index (χ0v) is 21.3. The number of rotatable bonds is 6. The van der Waals surface area contributed by atoms with Gasteiger partial charge in [-0.25, -0.2) is 9.79 Å². The fourth-order valence-electron chi connectivity index (χ4n) is 3.03. The average molecular weight is 625 g/mol. The Morgan fingerprint density at radius 2 is 1.94 bits per heavy atom. The summed E-state index contributed by atoms with van der Waals surface area (Å²) in [7, 11) is 1.57. The predicted octanol–water partition coefficient (Wildman–Crippen LogP) is 6.64. The van der Waals surface area contributed by atoms with Crippen LogP contribution in [0.25, 0.3) is 6.08 Å². The summed E-state index contributed by atoms with van der Waals surface area (Å²) in [6.07, 6.45) is 1.62. The Morgan fingerprint density at radius 1 is 1.16 bits per heavy atom. The topological polar surface area (TPSA) is 57.1 Å². The minimum absolute atomic E-state index is 0.150. The first-order chi connectivity index (χ1) is 15.4. The lowest BCUT2D eigenvalue weighted by Gasteiger charge is -2.13. The highest BCUT2D eigenvalue weighted by Crippen LogP contribution is 2.34. The van der Waals surface area contributed by atoms with E-state index in [1.54, 1.807) is 25.3 Å². The van der Waals surface area contributed by atoms with Crippen molar-refractivity contribution in [2.24, 2.45) is 4.99 Å². The maximum absolute atomic E-state index is 12.5.